The first kappa shape index (κ1) is 13.4. The lowest BCUT2D eigenvalue weighted by atomic mass is 10.2. The van der Waals surface area contributed by atoms with Crippen LogP contribution in [0.4, 0.5) is 0 Å². The van der Waals surface area contributed by atoms with Gasteiger partial charge in [0.15, 0.2) is 0 Å². The average molecular weight is 202 g/mol. The average Bonchev–Trinajstić information content (AvgIpc) is 2.15. The van der Waals surface area contributed by atoms with Crippen molar-refractivity contribution in [2.45, 2.75) is 20.8 Å². The highest BCUT2D eigenvalue weighted by Gasteiger charge is 2.08. The third-order valence-corrected chi connectivity index (χ3v) is 1.80. The van der Waals surface area contributed by atoms with Gasteiger partial charge in [0.1, 0.15) is 0 Å². The van der Waals surface area contributed by atoms with E-state index in [1.165, 1.54) is 0 Å². The minimum Gasteiger partial charge on any atom is -0.379 e. The molecule has 0 heterocycles. The predicted molar refractivity (Wildman–Crippen MR) is 56.9 cm³/mol. The third-order valence-electron chi connectivity index (χ3n) is 1.80. The van der Waals surface area contributed by atoms with E-state index in [0.717, 1.165) is 6.61 Å². The number of carbonyl (C=O) groups is 1. The standard InChI is InChI=1S/C10H22N2O2/c1-8(2)7-14-5-4-12-10(13)9(3)6-11/h8-9H,4-7,11H2,1-3H3,(H,12,13). The molecule has 4 heteroatoms. The molecule has 0 aliphatic carbocycles. The fourth-order valence-electron chi connectivity index (χ4n) is 0.847. The molecule has 1 unspecified atom stereocenters. The Hall–Kier alpha value is -0.610. The molecule has 14 heavy (non-hydrogen) atoms. The molecule has 0 saturated carbocycles. The highest BCUT2D eigenvalue weighted by Crippen LogP contribution is 1.92. The SMILES string of the molecule is CC(C)COCCNC(=O)C(C)CN. The maximum atomic E-state index is 11.2. The summed E-state index contributed by atoms with van der Waals surface area (Å²) in [4.78, 5) is 11.2. The fourth-order valence-corrected chi connectivity index (χ4v) is 0.847. The molecule has 0 radical (unpaired) electrons. The Kier molecular flexibility index (Phi) is 7.42. The number of nitrogens with two attached hydrogens (primary N) is 1. The molecule has 0 saturated heterocycles. The van der Waals surface area contributed by atoms with Crippen LogP contribution in [0.1, 0.15) is 20.8 Å². The van der Waals surface area contributed by atoms with Crippen molar-refractivity contribution in [3.05, 3.63) is 0 Å². The molecule has 0 aromatic carbocycles. The van der Waals surface area contributed by atoms with Crippen LogP contribution in [-0.2, 0) is 9.53 Å². The van der Waals surface area contributed by atoms with Gasteiger partial charge in [-0.15, -0.1) is 0 Å². The van der Waals surface area contributed by atoms with E-state index in [2.05, 4.69) is 19.2 Å². The van der Waals surface area contributed by atoms with Gasteiger partial charge in [-0.1, -0.05) is 20.8 Å². The van der Waals surface area contributed by atoms with E-state index in [0.29, 0.717) is 25.6 Å². The van der Waals surface area contributed by atoms with Crippen LogP contribution in [0.5, 0.6) is 0 Å². The van der Waals surface area contributed by atoms with E-state index in [-0.39, 0.29) is 11.8 Å². The van der Waals surface area contributed by atoms with Crippen LogP contribution in [0.3, 0.4) is 0 Å². The minimum absolute atomic E-state index is 0.000599. The molecular weight excluding hydrogens is 180 g/mol. The lowest BCUT2D eigenvalue weighted by Crippen LogP contribution is -2.35. The Morgan fingerprint density at radius 3 is 2.57 bits per heavy atom. The zero-order chi connectivity index (χ0) is 11.0. The van der Waals surface area contributed by atoms with Crippen molar-refractivity contribution in [3.63, 3.8) is 0 Å². The second-order valence-corrected chi connectivity index (χ2v) is 3.90. The van der Waals surface area contributed by atoms with E-state index in [9.17, 15) is 4.79 Å². The molecule has 84 valence electrons. The first-order valence-electron chi connectivity index (χ1n) is 5.13. The topological polar surface area (TPSA) is 64.3 Å². The molecule has 0 fully saturated rings. The predicted octanol–water partition coefficient (Wildman–Crippen LogP) is 0.370. The molecule has 0 aromatic heterocycles. The van der Waals surface area contributed by atoms with Crippen molar-refractivity contribution < 1.29 is 9.53 Å². The summed E-state index contributed by atoms with van der Waals surface area (Å²) in [6, 6.07) is 0. The Morgan fingerprint density at radius 2 is 2.07 bits per heavy atom. The number of carbonyl (C=O) groups excluding carboxylic acids is 1. The van der Waals surface area contributed by atoms with Crippen molar-refractivity contribution in [2.75, 3.05) is 26.3 Å². The third kappa shape index (κ3) is 6.86. The van der Waals surface area contributed by atoms with E-state index in [1.807, 2.05) is 6.92 Å². The van der Waals surface area contributed by atoms with Gasteiger partial charge < -0.3 is 15.8 Å². The summed E-state index contributed by atoms with van der Waals surface area (Å²) in [6.45, 7) is 8.26. The zero-order valence-corrected chi connectivity index (χ0v) is 9.38. The Balaban J connectivity index is 3.32. The lowest BCUT2D eigenvalue weighted by molar-refractivity contribution is -0.124. The highest BCUT2D eigenvalue weighted by atomic mass is 16.5. The molecule has 0 aromatic rings. The Bertz CT molecular complexity index is 160. The van der Waals surface area contributed by atoms with E-state index in [4.69, 9.17) is 10.5 Å². The second kappa shape index (κ2) is 7.76. The Morgan fingerprint density at radius 1 is 1.43 bits per heavy atom. The monoisotopic (exact) mass is 202 g/mol. The maximum absolute atomic E-state index is 11.2. The fraction of sp³-hybridized carbons (Fsp3) is 0.900. The van der Waals surface area contributed by atoms with Gasteiger partial charge in [0.25, 0.3) is 0 Å². The molecule has 0 aliphatic rings. The van der Waals surface area contributed by atoms with Crippen LogP contribution in [0.15, 0.2) is 0 Å². The summed E-state index contributed by atoms with van der Waals surface area (Å²) in [7, 11) is 0. The van der Waals surface area contributed by atoms with Gasteiger partial charge in [-0.3, -0.25) is 4.79 Å². The number of amides is 1. The van der Waals surface area contributed by atoms with Gasteiger partial charge in [0.2, 0.25) is 5.91 Å². The minimum atomic E-state index is -0.111. The van der Waals surface area contributed by atoms with Crippen LogP contribution < -0.4 is 11.1 Å². The smallest absolute Gasteiger partial charge is 0.224 e. The van der Waals surface area contributed by atoms with Gasteiger partial charge in [0.05, 0.1) is 6.61 Å². The van der Waals surface area contributed by atoms with E-state index in [1.54, 1.807) is 0 Å². The summed E-state index contributed by atoms with van der Waals surface area (Å²) >= 11 is 0. The van der Waals surface area contributed by atoms with Crippen molar-refractivity contribution in [3.8, 4) is 0 Å². The number of ether oxygens (including phenoxy) is 1. The summed E-state index contributed by atoms with van der Waals surface area (Å²) in [5, 5.41) is 2.76. The van der Waals surface area contributed by atoms with E-state index < -0.39 is 0 Å². The lowest BCUT2D eigenvalue weighted by Gasteiger charge is -2.10. The molecule has 3 N–H and O–H groups in total. The Labute approximate surface area is 86.2 Å². The van der Waals surface area contributed by atoms with Crippen LogP contribution in [0.25, 0.3) is 0 Å². The maximum Gasteiger partial charge on any atom is 0.224 e. The quantitative estimate of drug-likeness (QED) is 0.586. The molecule has 0 rings (SSSR count). The molecule has 4 nitrogen and oxygen atoms in total. The molecular formula is C10H22N2O2. The second-order valence-electron chi connectivity index (χ2n) is 3.90. The summed E-state index contributed by atoms with van der Waals surface area (Å²) < 4.78 is 5.31. The van der Waals surface area contributed by atoms with E-state index >= 15 is 0 Å². The number of hydrogen-bond donors (Lipinski definition) is 2. The number of nitrogens with one attached hydrogen (secondary N) is 1. The van der Waals surface area contributed by atoms with Gasteiger partial charge >= 0.3 is 0 Å². The van der Waals surface area contributed by atoms with Crippen molar-refractivity contribution >= 4 is 5.91 Å². The van der Waals surface area contributed by atoms with Gasteiger partial charge in [-0.25, -0.2) is 0 Å². The zero-order valence-electron chi connectivity index (χ0n) is 9.38. The normalized spacial score (nSPS) is 12.9. The van der Waals surface area contributed by atoms with Gasteiger partial charge in [-0.05, 0) is 5.92 Å². The summed E-state index contributed by atoms with van der Waals surface area (Å²) in [5.41, 5.74) is 5.35. The van der Waals surface area contributed by atoms with Crippen LogP contribution in [0.2, 0.25) is 0 Å². The van der Waals surface area contributed by atoms with Crippen LogP contribution in [0, 0.1) is 11.8 Å². The molecule has 0 spiro atoms. The summed E-state index contributed by atoms with van der Waals surface area (Å²) in [5.74, 6) is 0.425. The van der Waals surface area contributed by atoms with Gasteiger partial charge in [0, 0.05) is 25.6 Å². The first-order chi connectivity index (χ1) is 6.57. The number of rotatable bonds is 7. The van der Waals surface area contributed by atoms with Gasteiger partial charge in [-0.2, -0.15) is 0 Å². The number of hydrogen-bond acceptors (Lipinski definition) is 3. The molecule has 0 aliphatic heterocycles. The van der Waals surface area contributed by atoms with Crippen molar-refractivity contribution in [1.82, 2.24) is 5.32 Å². The first-order valence-corrected chi connectivity index (χ1v) is 5.13. The molecule has 1 atom stereocenters. The molecule has 1 amide bonds. The van der Waals surface area contributed by atoms with Crippen LogP contribution in [-0.4, -0.2) is 32.2 Å². The largest absolute Gasteiger partial charge is 0.379 e. The van der Waals surface area contributed by atoms with Crippen molar-refractivity contribution in [1.29, 1.82) is 0 Å². The molecule has 0 bridgehead atoms. The highest BCUT2D eigenvalue weighted by molar-refractivity contribution is 5.78. The van der Waals surface area contributed by atoms with Crippen LogP contribution >= 0.6 is 0 Å². The van der Waals surface area contributed by atoms with Crippen molar-refractivity contribution in [2.24, 2.45) is 17.6 Å². The summed E-state index contributed by atoms with van der Waals surface area (Å²) in [6.07, 6.45) is 0.